The lowest BCUT2D eigenvalue weighted by Crippen LogP contribution is -2.43. The molecule has 0 rings (SSSR count). The Morgan fingerprint density at radius 1 is 0.840 bits per heavy atom. The lowest BCUT2D eigenvalue weighted by molar-refractivity contribution is -0.0420. The molecule has 0 N–H and O–H groups in total. The zero-order valence-electron chi connectivity index (χ0n) is 15.9. The van der Waals surface area contributed by atoms with Crippen molar-refractivity contribution in [1.29, 1.82) is 0 Å². The van der Waals surface area contributed by atoms with Gasteiger partial charge in [0, 0.05) is 18.1 Å². The molecule has 0 saturated carbocycles. The summed E-state index contributed by atoms with van der Waals surface area (Å²) in [7, 11) is -7.07. The van der Waals surface area contributed by atoms with Crippen LogP contribution >= 0.6 is 0 Å². The molecule has 0 spiro atoms. The second-order valence-electron chi connectivity index (χ2n) is 7.13. The first-order valence-electron chi connectivity index (χ1n) is 8.60. The van der Waals surface area contributed by atoms with Gasteiger partial charge in [-0.15, -0.1) is 11.5 Å². The fraction of sp³-hybridized carbons (Fsp3) is 0.778. The van der Waals surface area contributed by atoms with Crippen molar-refractivity contribution < 1.29 is 21.6 Å². The van der Waals surface area contributed by atoms with E-state index in [0.717, 1.165) is 0 Å². The highest BCUT2D eigenvalue weighted by Crippen LogP contribution is 2.40. The topological polar surface area (TPSA) is 34.1 Å². The summed E-state index contributed by atoms with van der Waals surface area (Å²) < 4.78 is 57.9. The molecule has 7 heteroatoms. The van der Waals surface area contributed by atoms with Crippen LogP contribution in [0.5, 0.6) is 0 Å². The standard InChI is InChI=1S/C18H29F3O2SSi/c1-15(2)25(16(3)4,17(5)6)14-12-10-8-7-9-11-13-24(22,23)18(19,20)21/h15-17H,7-10H2,1-6H3. The lowest BCUT2D eigenvalue weighted by Gasteiger charge is -2.38. The van der Waals surface area contributed by atoms with Gasteiger partial charge in [0.25, 0.3) is 0 Å². The Bertz CT molecular complexity index is 620. The molecule has 0 aromatic heterocycles. The Kier molecular flexibility index (Phi) is 9.33. The summed E-state index contributed by atoms with van der Waals surface area (Å²) in [4.78, 5) is 0. The van der Waals surface area contributed by atoms with Gasteiger partial charge in [-0.3, -0.25) is 0 Å². The molecule has 0 bridgehead atoms. The van der Waals surface area contributed by atoms with Crippen molar-refractivity contribution in [2.24, 2.45) is 0 Å². The van der Waals surface area contributed by atoms with Crippen LogP contribution in [-0.2, 0) is 9.84 Å². The van der Waals surface area contributed by atoms with Gasteiger partial charge in [-0.1, -0.05) is 47.5 Å². The molecule has 0 aromatic rings. The van der Waals surface area contributed by atoms with Gasteiger partial charge in [0.2, 0.25) is 0 Å². The molecule has 144 valence electrons. The average Bonchev–Trinajstić information content (AvgIpc) is 2.43. The fourth-order valence-corrected chi connectivity index (χ4v) is 8.98. The molecule has 0 saturated heterocycles. The molecule has 0 aromatic carbocycles. The maximum atomic E-state index is 12.1. The zero-order chi connectivity index (χ0) is 19.9. The van der Waals surface area contributed by atoms with E-state index in [1.54, 1.807) is 0 Å². The number of hydrogen-bond acceptors (Lipinski definition) is 2. The van der Waals surface area contributed by atoms with E-state index in [1.165, 1.54) is 5.25 Å². The van der Waals surface area contributed by atoms with Crippen LogP contribution in [0.3, 0.4) is 0 Å². The van der Waals surface area contributed by atoms with Crippen molar-refractivity contribution in [3.05, 3.63) is 0 Å². The Balaban J connectivity index is 4.66. The Hall–Kier alpha value is -0.923. The van der Waals surface area contributed by atoms with Crippen LogP contribution in [0.15, 0.2) is 0 Å². The molecule has 0 heterocycles. The fourth-order valence-electron chi connectivity index (χ4n) is 3.28. The zero-order valence-corrected chi connectivity index (χ0v) is 17.7. The quantitative estimate of drug-likeness (QED) is 0.252. The van der Waals surface area contributed by atoms with E-state index in [9.17, 15) is 21.6 Å². The van der Waals surface area contributed by atoms with Crippen molar-refractivity contribution in [2.75, 3.05) is 0 Å². The smallest absolute Gasteiger partial charge is 0.206 e. The predicted molar refractivity (Wildman–Crippen MR) is 100 cm³/mol. The average molecular weight is 395 g/mol. The number of halogens is 3. The summed E-state index contributed by atoms with van der Waals surface area (Å²) >= 11 is 0. The highest BCUT2D eigenvalue weighted by molar-refractivity contribution is 7.96. The van der Waals surface area contributed by atoms with Gasteiger partial charge in [0.05, 0.1) is 0 Å². The minimum atomic E-state index is -5.33. The maximum absolute atomic E-state index is 12.1. The molecule has 0 unspecified atom stereocenters. The van der Waals surface area contributed by atoms with E-state index >= 15 is 0 Å². The minimum Gasteiger partial charge on any atom is -0.206 e. The van der Waals surface area contributed by atoms with Gasteiger partial charge in [-0.25, -0.2) is 8.42 Å². The summed E-state index contributed by atoms with van der Waals surface area (Å²) in [6, 6.07) is 0. The maximum Gasteiger partial charge on any atom is 0.509 e. The normalized spacial score (nSPS) is 12.8. The van der Waals surface area contributed by atoms with E-state index in [1.807, 2.05) is 0 Å². The molecule has 0 aliphatic carbocycles. The van der Waals surface area contributed by atoms with Gasteiger partial charge in [0.1, 0.15) is 8.07 Å². The first-order valence-corrected chi connectivity index (χ1v) is 12.3. The molecule has 25 heavy (non-hydrogen) atoms. The third kappa shape index (κ3) is 6.71. The minimum absolute atomic E-state index is 0.123. The second-order valence-corrected chi connectivity index (χ2v) is 14.4. The molecule has 0 aliphatic heterocycles. The number of sulfone groups is 1. The van der Waals surface area contributed by atoms with Crippen LogP contribution in [0.2, 0.25) is 16.6 Å². The number of rotatable bonds is 6. The second kappa shape index (κ2) is 9.69. The Morgan fingerprint density at radius 2 is 1.24 bits per heavy atom. The highest BCUT2D eigenvalue weighted by atomic mass is 32.2. The van der Waals surface area contributed by atoms with Crippen molar-refractivity contribution in [2.45, 2.75) is 89.4 Å². The largest absolute Gasteiger partial charge is 0.509 e. The first-order chi connectivity index (χ1) is 11.3. The van der Waals surface area contributed by atoms with Crippen LogP contribution in [0.25, 0.3) is 0 Å². The van der Waals surface area contributed by atoms with Gasteiger partial charge in [0.15, 0.2) is 0 Å². The van der Waals surface area contributed by atoms with E-state index in [4.69, 9.17) is 0 Å². The monoisotopic (exact) mass is 394 g/mol. The number of alkyl halides is 3. The third-order valence-electron chi connectivity index (χ3n) is 4.54. The molecule has 0 amide bonds. The molecule has 0 fully saturated rings. The first kappa shape index (κ1) is 24.1. The van der Waals surface area contributed by atoms with Crippen LogP contribution in [0, 0.1) is 22.6 Å². The van der Waals surface area contributed by atoms with Crippen LogP contribution in [-0.4, -0.2) is 22.0 Å². The molecule has 0 atom stereocenters. The summed E-state index contributed by atoms with van der Waals surface area (Å²) in [6.45, 7) is 13.4. The van der Waals surface area contributed by atoms with Crippen molar-refractivity contribution >= 4 is 17.9 Å². The van der Waals surface area contributed by atoms with Crippen LogP contribution in [0.4, 0.5) is 13.2 Å². The predicted octanol–water partition coefficient (Wildman–Crippen LogP) is 5.66. The van der Waals surface area contributed by atoms with E-state index in [2.05, 4.69) is 58.9 Å². The summed E-state index contributed by atoms with van der Waals surface area (Å²) in [5.41, 5.74) is -0.0644. The number of hydrogen-bond donors (Lipinski definition) is 0. The van der Waals surface area contributed by atoms with Crippen molar-refractivity contribution in [3.8, 4) is 22.6 Å². The SMILES string of the molecule is CC(C)[Si](C#CCCCCC#CS(=O)(=O)C(F)(F)F)(C(C)C)C(C)C. The molecular weight excluding hydrogens is 365 g/mol. The molecule has 2 nitrogen and oxygen atoms in total. The van der Waals surface area contributed by atoms with Gasteiger partial charge >= 0.3 is 15.3 Å². The summed E-state index contributed by atoms with van der Waals surface area (Å²) in [5, 5.41) is 1.33. The molecule has 0 radical (unpaired) electrons. The van der Waals surface area contributed by atoms with Crippen molar-refractivity contribution in [1.82, 2.24) is 0 Å². The Labute approximate surface area is 151 Å². The summed E-state index contributed by atoms with van der Waals surface area (Å²) in [6.07, 6.45) is 2.02. The van der Waals surface area contributed by atoms with Gasteiger partial charge < -0.3 is 0 Å². The lowest BCUT2D eigenvalue weighted by atomic mass is 10.2. The third-order valence-corrected chi connectivity index (χ3v) is 11.9. The molecular formula is C18H29F3O2SSi. The highest BCUT2D eigenvalue weighted by Gasteiger charge is 2.44. The van der Waals surface area contributed by atoms with E-state index in [-0.39, 0.29) is 6.42 Å². The Morgan fingerprint density at radius 3 is 1.60 bits per heavy atom. The molecule has 0 aliphatic rings. The van der Waals surface area contributed by atoms with Crippen LogP contribution in [0.1, 0.15) is 67.2 Å². The van der Waals surface area contributed by atoms with Gasteiger partial charge in [-0.2, -0.15) is 13.2 Å². The van der Waals surface area contributed by atoms with Crippen LogP contribution < -0.4 is 0 Å². The number of unbranched alkanes of at least 4 members (excludes halogenated alkanes) is 3. The van der Waals surface area contributed by atoms with Crippen molar-refractivity contribution in [3.63, 3.8) is 0 Å². The summed E-state index contributed by atoms with van der Waals surface area (Å²) in [5.74, 6) is 5.36. The van der Waals surface area contributed by atoms with E-state index in [0.29, 0.717) is 35.9 Å². The van der Waals surface area contributed by atoms with Gasteiger partial charge in [-0.05, 0) is 29.5 Å². The van der Waals surface area contributed by atoms with E-state index < -0.39 is 23.4 Å².